The van der Waals surface area contributed by atoms with Gasteiger partial charge < -0.3 is 9.72 Å². The van der Waals surface area contributed by atoms with Crippen molar-refractivity contribution >= 4 is 11.6 Å². The number of nitrogens with zero attached hydrogens (tertiary/aromatic N) is 2. The molecule has 1 aliphatic rings. The number of hydrogen-bond donors (Lipinski definition) is 1. The fraction of sp³-hybridized carbons (Fsp3) is 0.300. The van der Waals surface area contributed by atoms with E-state index in [0.29, 0.717) is 29.0 Å². The summed E-state index contributed by atoms with van der Waals surface area (Å²) in [7, 11) is 0. The van der Waals surface area contributed by atoms with Crippen LogP contribution in [0.5, 0.6) is 5.88 Å². The third kappa shape index (κ3) is 3.99. The first kappa shape index (κ1) is 18.8. The lowest BCUT2D eigenvalue weighted by molar-refractivity contribution is -0.140. The molecule has 1 N–H and O–H groups in total. The van der Waals surface area contributed by atoms with Crippen molar-refractivity contribution in [3.63, 3.8) is 0 Å². The largest absolute Gasteiger partial charge is 0.477 e. The molecule has 0 aliphatic heterocycles. The Hall–Kier alpha value is -2.54. The molecule has 0 atom stereocenters. The Labute approximate surface area is 164 Å². The molecule has 3 aromatic rings. The van der Waals surface area contributed by atoms with Gasteiger partial charge in [0.2, 0.25) is 5.88 Å². The van der Waals surface area contributed by atoms with Crippen molar-refractivity contribution in [2.75, 3.05) is 6.61 Å². The molecule has 1 saturated carbocycles. The summed E-state index contributed by atoms with van der Waals surface area (Å²) >= 11 is 6.33. The zero-order chi connectivity index (χ0) is 19.9. The van der Waals surface area contributed by atoms with Gasteiger partial charge in [-0.15, -0.1) is 0 Å². The van der Waals surface area contributed by atoms with E-state index in [9.17, 15) is 13.2 Å². The smallest absolute Gasteiger partial charge is 0.432 e. The number of H-pyrrole nitrogens is 1. The predicted molar refractivity (Wildman–Crippen MR) is 100 cm³/mol. The molecule has 146 valence electrons. The van der Waals surface area contributed by atoms with Crippen molar-refractivity contribution in [1.29, 1.82) is 0 Å². The fourth-order valence-corrected chi connectivity index (χ4v) is 3.15. The Balaban J connectivity index is 1.58. The van der Waals surface area contributed by atoms with Crippen LogP contribution < -0.4 is 4.74 Å². The van der Waals surface area contributed by atoms with Crippen LogP contribution in [-0.2, 0) is 6.18 Å². The molecular formula is C20H17ClF3N3O. The van der Waals surface area contributed by atoms with Crippen LogP contribution in [0.15, 0.2) is 36.7 Å². The van der Waals surface area contributed by atoms with Crippen molar-refractivity contribution in [3.05, 3.63) is 52.9 Å². The summed E-state index contributed by atoms with van der Waals surface area (Å²) in [6.45, 7) is 2.64. The first-order chi connectivity index (χ1) is 13.3. The molecule has 0 unspecified atom stereocenters. The number of nitrogens with one attached hydrogen (secondary N) is 1. The highest BCUT2D eigenvalue weighted by Gasteiger charge is 2.33. The number of aromatic amines is 1. The second kappa shape index (κ2) is 7.13. The number of pyridine rings is 1. The van der Waals surface area contributed by atoms with E-state index in [1.165, 1.54) is 12.8 Å². The molecule has 0 saturated heterocycles. The molecular weight excluding hydrogens is 391 g/mol. The van der Waals surface area contributed by atoms with E-state index in [2.05, 4.69) is 15.0 Å². The normalized spacial score (nSPS) is 14.3. The Bertz CT molecular complexity index is 1010. The van der Waals surface area contributed by atoms with Crippen LogP contribution in [-0.4, -0.2) is 21.6 Å². The minimum Gasteiger partial charge on any atom is -0.477 e. The average Bonchev–Trinajstić information content (AvgIpc) is 3.33. The van der Waals surface area contributed by atoms with Gasteiger partial charge in [0.15, 0.2) is 0 Å². The molecule has 2 heterocycles. The number of aromatic nitrogens is 3. The minimum absolute atomic E-state index is 0.0718. The molecule has 4 rings (SSSR count). The van der Waals surface area contributed by atoms with Gasteiger partial charge >= 0.3 is 6.18 Å². The number of benzene rings is 1. The third-order valence-electron chi connectivity index (χ3n) is 4.67. The van der Waals surface area contributed by atoms with E-state index in [1.807, 2.05) is 13.0 Å². The van der Waals surface area contributed by atoms with E-state index in [-0.39, 0.29) is 5.82 Å². The Kier molecular flexibility index (Phi) is 4.79. The van der Waals surface area contributed by atoms with Crippen LogP contribution in [0.4, 0.5) is 13.2 Å². The summed E-state index contributed by atoms with van der Waals surface area (Å²) in [4.78, 5) is 10.4. The molecule has 28 heavy (non-hydrogen) atoms. The van der Waals surface area contributed by atoms with Gasteiger partial charge in [-0.2, -0.15) is 13.2 Å². The second-order valence-corrected chi connectivity index (χ2v) is 7.34. The van der Waals surface area contributed by atoms with Gasteiger partial charge in [-0.3, -0.25) is 0 Å². The van der Waals surface area contributed by atoms with Gasteiger partial charge in [-0.25, -0.2) is 9.97 Å². The molecule has 1 aromatic carbocycles. The van der Waals surface area contributed by atoms with Crippen LogP contribution in [0.1, 0.15) is 24.1 Å². The quantitative estimate of drug-likeness (QED) is 0.572. The van der Waals surface area contributed by atoms with Gasteiger partial charge in [-0.05, 0) is 48.9 Å². The lowest BCUT2D eigenvalue weighted by Gasteiger charge is -2.11. The van der Waals surface area contributed by atoms with Gasteiger partial charge in [0.1, 0.15) is 11.5 Å². The molecule has 2 aromatic heterocycles. The maximum absolute atomic E-state index is 12.8. The van der Waals surface area contributed by atoms with E-state index in [0.717, 1.165) is 22.9 Å². The molecule has 8 heteroatoms. The van der Waals surface area contributed by atoms with E-state index >= 15 is 0 Å². The highest BCUT2D eigenvalue weighted by atomic mass is 35.5. The molecule has 0 spiro atoms. The molecule has 1 aliphatic carbocycles. The van der Waals surface area contributed by atoms with Crippen LogP contribution in [0.25, 0.3) is 22.5 Å². The second-order valence-electron chi connectivity index (χ2n) is 6.93. The number of rotatable bonds is 5. The van der Waals surface area contributed by atoms with Crippen LogP contribution >= 0.6 is 11.6 Å². The van der Waals surface area contributed by atoms with Gasteiger partial charge in [0, 0.05) is 23.4 Å². The number of hydrogen-bond acceptors (Lipinski definition) is 3. The SMILES string of the molecule is Cc1cc(OCC2CC2)ncc1-c1ccc(-c2ncc(C(F)(F)F)[nH]2)c(Cl)c1. The fourth-order valence-electron chi connectivity index (χ4n) is 2.88. The Morgan fingerprint density at radius 2 is 1.93 bits per heavy atom. The highest BCUT2D eigenvalue weighted by molar-refractivity contribution is 6.33. The summed E-state index contributed by atoms with van der Waals surface area (Å²) in [6, 6.07) is 7.00. The zero-order valence-electron chi connectivity index (χ0n) is 15.0. The van der Waals surface area contributed by atoms with Gasteiger partial charge in [0.05, 0.1) is 17.8 Å². The highest BCUT2D eigenvalue weighted by Crippen LogP contribution is 2.35. The number of halogens is 4. The molecule has 0 radical (unpaired) electrons. The number of aryl methyl sites for hydroxylation is 1. The lowest BCUT2D eigenvalue weighted by atomic mass is 10.0. The van der Waals surface area contributed by atoms with Gasteiger partial charge in [0.25, 0.3) is 0 Å². The first-order valence-electron chi connectivity index (χ1n) is 8.83. The zero-order valence-corrected chi connectivity index (χ0v) is 15.7. The topological polar surface area (TPSA) is 50.8 Å². The van der Waals surface area contributed by atoms with Crippen LogP contribution in [0, 0.1) is 12.8 Å². The van der Waals surface area contributed by atoms with Crippen molar-refractivity contribution in [3.8, 4) is 28.4 Å². The Morgan fingerprint density at radius 3 is 2.54 bits per heavy atom. The van der Waals surface area contributed by atoms with E-state index in [4.69, 9.17) is 16.3 Å². The summed E-state index contributed by atoms with van der Waals surface area (Å²) in [5.74, 6) is 1.31. The monoisotopic (exact) mass is 407 g/mol. The van der Waals surface area contributed by atoms with Crippen molar-refractivity contribution in [1.82, 2.24) is 15.0 Å². The summed E-state index contributed by atoms with van der Waals surface area (Å²) in [5.41, 5.74) is 2.15. The summed E-state index contributed by atoms with van der Waals surface area (Å²) < 4.78 is 44.0. The summed E-state index contributed by atoms with van der Waals surface area (Å²) in [6.07, 6.45) is 0.416. The van der Waals surface area contributed by atoms with E-state index < -0.39 is 11.9 Å². The van der Waals surface area contributed by atoms with Crippen molar-refractivity contribution < 1.29 is 17.9 Å². The predicted octanol–water partition coefficient (Wildman–Crippen LogP) is 5.91. The molecule has 0 amide bonds. The van der Waals surface area contributed by atoms with Crippen molar-refractivity contribution in [2.45, 2.75) is 25.9 Å². The standard InChI is InChI=1S/C20H17ClF3N3O/c1-11-6-18(28-10-12-2-3-12)25-8-15(11)13-4-5-14(16(21)7-13)19-26-9-17(27-19)20(22,23)24/h4-9,12H,2-3,10H2,1H3,(H,26,27). The number of alkyl halides is 3. The average molecular weight is 408 g/mol. The Morgan fingerprint density at radius 1 is 1.14 bits per heavy atom. The number of ether oxygens (including phenoxy) is 1. The maximum Gasteiger partial charge on any atom is 0.432 e. The first-order valence-corrected chi connectivity index (χ1v) is 9.21. The van der Waals surface area contributed by atoms with Crippen molar-refractivity contribution in [2.24, 2.45) is 5.92 Å². The maximum atomic E-state index is 12.8. The van der Waals surface area contributed by atoms with Crippen LogP contribution in [0.2, 0.25) is 5.02 Å². The molecule has 1 fully saturated rings. The molecule has 4 nitrogen and oxygen atoms in total. The van der Waals surface area contributed by atoms with Gasteiger partial charge in [-0.1, -0.05) is 17.7 Å². The summed E-state index contributed by atoms with van der Waals surface area (Å²) in [5, 5.41) is 0.300. The lowest BCUT2D eigenvalue weighted by Crippen LogP contribution is -2.04. The minimum atomic E-state index is -4.48. The van der Waals surface area contributed by atoms with Crippen LogP contribution in [0.3, 0.4) is 0 Å². The molecule has 0 bridgehead atoms. The van der Waals surface area contributed by atoms with E-state index in [1.54, 1.807) is 24.4 Å². The third-order valence-corrected chi connectivity index (χ3v) is 4.98. The number of imidazole rings is 1.